The predicted octanol–water partition coefficient (Wildman–Crippen LogP) is 3.45. The van der Waals surface area contributed by atoms with Crippen LogP contribution in [0.3, 0.4) is 0 Å². The molecule has 0 heterocycles. The first-order valence-electron chi connectivity index (χ1n) is 6.39. The molecule has 0 amide bonds. The molecule has 0 fully saturated rings. The van der Waals surface area contributed by atoms with Crippen LogP contribution in [0.15, 0.2) is 12.2 Å². The summed E-state index contributed by atoms with van der Waals surface area (Å²) in [5.74, 6) is -0.296. The Kier molecular flexibility index (Phi) is 7.39. The van der Waals surface area contributed by atoms with Crippen LogP contribution in [0.2, 0.25) is 12.1 Å². The molecule has 0 saturated heterocycles. The second kappa shape index (κ2) is 7.66. The number of hydrogen-bond donors (Lipinski definition) is 0. The molecule has 0 N–H and O–H groups in total. The Balaban J connectivity index is 4.90. The monoisotopic (exact) mass is 258 g/mol. The number of esters is 1. The van der Waals surface area contributed by atoms with E-state index >= 15 is 0 Å². The van der Waals surface area contributed by atoms with Gasteiger partial charge in [-0.3, -0.25) is 0 Å². The van der Waals surface area contributed by atoms with Crippen LogP contribution in [0, 0.1) is 0 Å². The Morgan fingerprint density at radius 2 is 1.94 bits per heavy atom. The highest BCUT2D eigenvalue weighted by atomic mass is 28.4. The van der Waals surface area contributed by atoms with Gasteiger partial charge in [0.15, 0.2) is 0 Å². The molecule has 3 nitrogen and oxygen atoms in total. The molecule has 0 radical (unpaired) electrons. The van der Waals surface area contributed by atoms with Gasteiger partial charge < -0.3 is 9.16 Å². The van der Waals surface area contributed by atoms with Crippen molar-refractivity contribution in [2.75, 3.05) is 7.11 Å². The van der Waals surface area contributed by atoms with Crippen molar-refractivity contribution in [1.82, 2.24) is 0 Å². The molecule has 2 atom stereocenters. The lowest BCUT2D eigenvalue weighted by atomic mass is 10.4. The average molecular weight is 258 g/mol. The minimum atomic E-state index is -1.97. The minimum Gasteiger partial charge on any atom is -0.460 e. The van der Waals surface area contributed by atoms with Crippen molar-refractivity contribution in [1.29, 1.82) is 0 Å². The van der Waals surface area contributed by atoms with Crippen LogP contribution in [0.5, 0.6) is 0 Å². The number of rotatable bonds is 8. The van der Waals surface area contributed by atoms with Gasteiger partial charge in [0.2, 0.25) is 8.32 Å². The van der Waals surface area contributed by atoms with E-state index in [1.54, 1.807) is 14.0 Å². The number of hydrogen-bond acceptors (Lipinski definition) is 3. The van der Waals surface area contributed by atoms with Crippen molar-refractivity contribution in [3.8, 4) is 0 Å². The molecule has 0 aliphatic carbocycles. The van der Waals surface area contributed by atoms with Gasteiger partial charge in [0.1, 0.15) is 5.73 Å². The maximum atomic E-state index is 11.6. The zero-order valence-corrected chi connectivity index (χ0v) is 12.8. The quantitative estimate of drug-likeness (QED) is 0.380. The van der Waals surface area contributed by atoms with Crippen molar-refractivity contribution in [3.63, 3.8) is 0 Å². The lowest BCUT2D eigenvalue weighted by Crippen LogP contribution is -2.51. The molecule has 0 aromatic rings. The van der Waals surface area contributed by atoms with Crippen molar-refractivity contribution in [3.05, 3.63) is 12.2 Å². The summed E-state index contributed by atoms with van der Waals surface area (Å²) in [6.07, 6.45) is 1.88. The summed E-state index contributed by atoms with van der Waals surface area (Å²) < 4.78 is 11.4. The molecular weight excluding hydrogens is 232 g/mol. The molecule has 0 spiro atoms. The van der Waals surface area contributed by atoms with Gasteiger partial charge in [-0.1, -0.05) is 33.8 Å². The van der Waals surface area contributed by atoms with Gasteiger partial charge in [-0.15, -0.1) is 0 Å². The van der Waals surface area contributed by atoms with Crippen molar-refractivity contribution < 1.29 is 14.0 Å². The van der Waals surface area contributed by atoms with Crippen LogP contribution >= 0.6 is 0 Å². The van der Waals surface area contributed by atoms with E-state index in [1.165, 1.54) is 0 Å². The maximum Gasteiger partial charge on any atom is 0.333 e. The molecular formula is C13H26O3Si. The van der Waals surface area contributed by atoms with E-state index in [-0.39, 0.29) is 11.7 Å². The average Bonchev–Trinajstić information content (AvgIpc) is 2.33. The standard InChI is InChI=1S/C13H26O3Si/c1-7-10-17(9-3,15-6)12(8-2)16-13(14)11(4)5/h12H,4,7-10H2,1-3,5-6H3. The molecule has 0 aromatic heterocycles. The molecule has 100 valence electrons. The summed E-state index contributed by atoms with van der Waals surface area (Å²) in [4.78, 5) is 11.6. The number of carbonyl (C=O) groups excluding carboxylic acids is 1. The molecule has 0 aromatic carbocycles. The Bertz CT molecular complexity index is 259. The first kappa shape index (κ1) is 16.4. The zero-order chi connectivity index (χ0) is 13.5. The highest BCUT2D eigenvalue weighted by Gasteiger charge is 2.42. The van der Waals surface area contributed by atoms with E-state index in [1.807, 2.05) is 6.92 Å². The lowest BCUT2D eigenvalue weighted by molar-refractivity contribution is -0.141. The van der Waals surface area contributed by atoms with Gasteiger partial charge in [-0.25, -0.2) is 4.79 Å². The van der Waals surface area contributed by atoms with Gasteiger partial charge >= 0.3 is 5.97 Å². The predicted molar refractivity (Wildman–Crippen MR) is 73.3 cm³/mol. The third-order valence-electron chi connectivity index (χ3n) is 3.23. The van der Waals surface area contributed by atoms with Crippen molar-refractivity contribution in [2.24, 2.45) is 0 Å². The summed E-state index contributed by atoms with van der Waals surface area (Å²) in [6.45, 7) is 11.6. The molecule has 0 aliphatic rings. The third kappa shape index (κ3) is 4.28. The summed E-state index contributed by atoms with van der Waals surface area (Å²) >= 11 is 0. The van der Waals surface area contributed by atoms with Gasteiger partial charge in [0, 0.05) is 12.7 Å². The highest BCUT2D eigenvalue weighted by Crippen LogP contribution is 2.27. The second-order valence-corrected chi connectivity index (χ2v) is 8.84. The minimum absolute atomic E-state index is 0.0679. The highest BCUT2D eigenvalue weighted by molar-refractivity contribution is 6.75. The van der Waals surface area contributed by atoms with Gasteiger partial charge in [-0.05, 0) is 25.4 Å². The van der Waals surface area contributed by atoms with Crippen LogP contribution in [-0.2, 0) is 14.0 Å². The van der Waals surface area contributed by atoms with E-state index in [2.05, 4.69) is 20.4 Å². The third-order valence-corrected chi connectivity index (χ3v) is 8.29. The molecule has 0 saturated carbocycles. The van der Waals surface area contributed by atoms with E-state index in [0.717, 1.165) is 24.9 Å². The van der Waals surface area contributed by atoms with Crippen LogP contribution in [0.25, 0.3) is 0 Å². The van der Waals surface area contributed by atoms with Crippen molar-refractivity contribution in [2.45, 2.75) is 58.4 Å². The SMILES string of the molecule is C=C(C)C(=O)OC(CC)[Si](CC)(CCC)OC. The molecule has 17 heavy (non-hydrogen) atoms. The fourth-order valence-corrected chi connectivity index (χ4v) is 5.96. The second-order valence-electron chi connectivity index (χ2n) is 4.45. The lowest BCUT2D eigenvalue weighted by Gasteiger charge is -2.35. The maximum absolute atomic E-state index is 11.6. The number of carbonyl (C=O) groups is 1. The summed E-state index contributed by atoms with van der Waals surface area (Å²) in [5.41, 5.74) is 0.386. The molecule has 2 unspecified atom stereocenters. The zero-order valence-electron chi connectivity index (χ0n) is 11.8. The normalized spacial score (nSPS) is 16.1. The smallest absolute Gasteiger partial charge is 0.333 e. The van der Waals surface area contributed by atoms with Gasteiger partial charge in [-0.2, -0.15) is 0 Å². The first-order chi connectivity index (χ1) is 7.97. The van der Waals surface area contributed by atoms with Gasteiger partial charge in [0.05, 0.1) is 0 Å². The first-order valence-corrected chi connectivity index (χ1v) is 8.79. The fraction of sp³-hybridized carbons (Fsp3) is 0.769. The van der Waals surface area contributed by atoms with E-state index in [4.69, 9.17) is 9.16 Å². The van der Waals surface area contributed by atoms with Crippen LogP contribution in [-0.4, -0.2) is 27.1 Å². The Hall–Kier alpha value is -0.613. The van der Waals surface area contributed by atoms with Crippen LogP contribution in [0.1, 0.15) is 40.5 Å². The molecule has 4 heteroatoms. The summed E-state index contributed by atoms with van der Waals surface area (Å²) in [5, 5.41) is 0. The van der Waals surface area contributed by atoms with Gasteiger partial charge in [0.25, 0.3) is 0 Å². The largest absolute Gasteiger partial charge is 0.460 e. The topological polar surface area (TPSA) is 35.5 Å². The van der Waals surface area contributed by atoms with E-state index in [0.29, 0.717) is 5.57 Å². The molecule has 0 bridgehead atoms. The Morgan fingerprint density at radius 3 is 2.24 bits per heavy atom. The fourth-order valence-electron chi connectivity index (χ4n) is 2.16. The van der Waals surface area contributed by atoms with E-state index < -0.39 is 8.32 Å². The summed E-state index contributed by atoms with van der Waals surface area (Å²) in [6, 6.07) is 2.00. The summed E-state index contributed by atoms with van der Waals surface area (Å²) in [7, 11) is -0.213. The van der Waals surface area contributed by atoms with E-state index in [9.17, 15) is 4.79 Å². The molecule has 0 aliphatic heterocycles. The Labute approximate surface area is 106 Å². The molecule has 0 rings (SSSR count). The van der Waals surface area contributed by atoms with Crippen LogP contribution in [0.4, 0.5) is 0 Å². The Morgan fingerprint density at radius 1 is 1.35 bits per heavy atom. The van der Waals surface area contributed by atoms with Crippen LogP contribution < -0.4 is 0 Å². The number of ether oxygens (including phenoxy) is 1. The van der Waals surface area contributed by atoms with Crippen molar-refractivity contribution >= 4 is 14.3 Å².